The molecule has 0 fully saturated rings. The first kappa shape index (κ1) is 9.13. The van der Waals surface area contributed by atoms with Gasteiger partial charge < -0.3 is 0 Å². The van der Waals surface area contributed by atoms with Crippen LogP contribution in [0.1, 0.15) is 0 Å². The monoisotopic (exact) mass is 181 g/mol. The molecule has 0 heterocycles. The molecule has 0 saturated carbocycles. The highest BCUT2D eigenvalue weighted by Crippen LogP contribution is 2.21. The lowest BCUT2D eigenvalue weighted by Gasteiger charge is -2.03. The molecule has 8 heteroatoms. The highest BCUT2D eigenvalue weighted by molar-refractivity contribution is 7.93. The summed E-state index contributed by atoms with van der Waals surface area (Å²) in [6, 6.07) is 0. The van der Waals surface area contributed by atoms with Crippen molar-refractivity contribution in [2.24, 2.45) is 0 Å². The molecule has 0 spiro atoms. The Bertz CT molecular complexity index is 182. The zero-order valence-corrected chi connectivity index (χ0v) is 5.91. The van der Waals surface area contributed by atoms with Gasteiger partial charge in [-0.15, -0.1) is 0 Å². The third-order valence-electron chi connectivity index (χ3n) is 0.460. The lowest BCUT2D eigenvalue weighted by molar-refractivity contribution is -0.0440. The van der Waals surface area contributed by atoms with Crippen LogP contribution < -0.4 is 4.49 Å². The molecule has 0 aromatic heterocycles. The number of sulfonamides is 1. The van der Waals surface area contributed by atoms with E-state index in [-0.39, 0.29) is 0 Å². The van der Waals surface area contributed by atoms with Crippen molar-refractivity contribution in [3.05, 3.63) is 0 Å². The van der Waals surface area contributed by atoms with Crippen LogP contribution in [0.15, 0.2) is 0 Å². The summed E-state index contributed by atoms with van der Waals surface area (Å²) in [5, 5.41) is 0. The first-order valence-corrected chi connectivity index (χ1v) is 3.66. The minimum Gasteiger partial charge on any atom is -0.203 e. The van der Waals surface area contributed by atoms with Gasteiger partial charge in [-0.05, 0) is 0 Å². The van der Waals surface area contributed by atoms with Crippen molar-refractivity contribution in [1.29, 1.82) is 0 Å². The largest absolute Gasteiger partial charge is 0.511 e. The zero-order chi connectivity index (χ0) is 7.71. The number of hydrogen-bond donors (Lipinski definition) is 1. The van der Waals surface area contributed by atoms with Gasteiger partial charge in [0.05, 0.1) is 0 Å². The molecule has 0 aliphatic carbocycles. The lowest BCUT2D eigenvalue weighted by Crippen LogP contribution is -2.30. The minimum absolute atomic E-state index is 1.05. The Morgan fingerprint density at radius 3 is 1.67 bits per heavy atom. The van der Waals surface area contributed by atoms with Gasteiger partial charge in [-0.25, -0.2) is 8.42 Å². The van der Waals surface area contributed by atoms with E-state index in [2.05, 4.69) is 0 Å². The fraction of sp³-hybridized carbons (Fsp3) is 1.00. The van der Waals surface area contributed by atoms with Crippen molar-refractivity contribution in [3.8, 4) is 0 Å². The maximum atomic E-state index is 11.2. The number of halogens is 3. The molecular weight excluding hydrogens is 178 g/mol. The fourth-order valence-electron chi connectivity index (χ4n) is 0.0668. The number of nitrogens with one attached hydrogen (secondary N) is 1. The molecule has 0 radical (unpaired) electrons. The van der Waals surface area contributed by atoms with Crippen molar-refractivity contribution in [3.63, 3.8) is 0 Å². The van der Waals surface area contributed by atoms with Crippen molar-refractivity contribution >= 4 is 19.4 Å². The van der Waals surface area contributed by atoms with Crippen LogP contribution in [0.3, 0.4) is 0 Å². The molecule has 1 N–H and O–H groups in total. The topological polar surface area (TPSA) is 46.2 Å². The molecular formula is CH3F3NO2PS. The molecule has 0 aromatic carbocycles. The van der Waals surface area contributed by atoms with Gasteiger partial charge in [0.1, 0.15) is 0 Å². The van der Waals surface area contributed by atoms with Crippen LogP contribution >= 0.6 is 9.39 Å². The number of rotatable bonds is 1. The van der Waals surface area contributed by atoms with Crippen molar-refractivity contribution in [2.45, 2.75) is 5.51 Å². The Kier molecular flexibility index (Phi) is 2.43. The van der Waals surface area contributed by atoms with E-state index in [9.17, 15) is 21.6 Å². The molecule has 3 nitrogen and oxygen atoms in total. The van der Waals surface area contributed by atoms with Gasteiger partial charge in [-0.3, -0.25) is 0 Å². The van der Waals surface area contributed by atoms with Gasteiger partial charge in [-0.2, -0.15) is 17.7 Å². The van der Waals surface area contributed by atoms with E-state index in [0.717, 1.165) is 4.49 Å². The molecule has 9 heavy (non-hydrogen) atoms. The first-order valence-electron chi connectivity index (χ1n) is 1.60. The van der Waals surface area contributed by atoms with Crippen molar-refractivity contribution < 1.29 is 21.6 Å². The Balaban J connectivity index is 4.57. The van der Waals surface area contributed by atoms with Crippen molar-refractivity contribution in [2.75, 3.05) is 0 Å². The fourth-order valence-corrected chi connectivity index (χ4v) is 0.601. The van der Waals surface area contributed by atoms with E-state index in [1.807, 2.05) is 0 Å². The second kappa shape index (κ2) is 2.40. The molecule has 1 unspecified atom stereocenters. The molecule has 0 aromatic rings. The van der Waals surface area contributed by atoms with Gasteiger partial charge in [0.2, 0.25) is 0 Å². The second-order valence-electron chi connectivity index (χ2n) is 1.07. The number of alkyl halides is 3. The van der Waals surface area contributed by atoms with Gasteiger partial charge in [0.25, 0.3) is 0 Å². The summed E-state index contributed by atoms with van der Waals surface area (Å²) < 4.78 is 54.1. The van der Waals surface area contributed by atoms with Gasteiger partial charge >= 0.3 is 15.5 Å². The SMILES string of the molecule is O=S(=O)(NP)C(F)(F)F. The zero-order valence-electron chi connectivity index (χ0n) is 3.94. The summed E-state index contributed by atoms with van der Waals surface area (Å²) in [5.74, 6) is 0. The van der Waals surface area contributed by atoms with Crippen LogP contribution in [0.25, 0.3) is 0 Å². The Morgan fingerprint density at radius 2 is 1.67 bits per heavy atom. The average Bonchev–Trinajstić information content (AvgIpc) is 1.64. The highest BCUT2D eigenvalue weighted by Gasteiger charge is 2.44. The molecule has 0 rings (SSSR count). The van der Waals surface area contributed by atoms with Crippen LogP contribution in [-0.2, 0) is 10.0 Å². The molecule has 0 aliphatic rings. The smallest absolute Gasteiger partial charge is 0.203 e. The lowest BCUT2D eigenvalue weighted by atomic mass is 11.6. The Hall–Kier alpha value is 0.130. The van der Waals surface area contributed by atoms with Gasteiger partial charge in [0, 0.05) is 0 Å². The molecule has 0 saturated heterocycles. The summed E-state index contributed by atoms with van der Waals surface area (Å²) >= 11 is 0. The Labute approximate surface area is 51.9 Å². The predicted octanol–water partition coefficient (Wildman–Crippen LogP) is 0.216. The molecule has 0 amide bonds. The van der Waals surface area contributed by atoms with E-state index in [1.165, 1.54) is 9.39 Å². The van der Waals surface area contributed by atoms with Crippen LogP contribution in [0.4, 0.5) is 13.2 Å². The summed E-state index contributed by atoms with van der Waals surface area (Å²) in [6.07, 6.45) is 0. The van der Waals surface area contributed by atoms with Crippen LogP contribution in [0.2, 0.25) is 0 Å². The summed E-state index contributed by atoms with van der Waals surface area (Å²) in [6.45, 7) is 0. The van der Waals surface area contributed by atoms with Gasteiger partial charge in [-0.1, -0.05) is 9.39 Å². The Morgan fingerprint density at radius 1 is 1.33 bits per heavy atom. The standard InChI is InChI=1S/CH3F3NO2PS/c2-1(3,4)9(6,7)5-8/h5H,8H2. The second-order valence-corrected chi connectivity index (χ2v) is 3.48. The maximum Gasteiger partial charge on any atom is 0.511 e. The molecule has 0 bridgehead atoms. The highest BCUT2D eigenvalue weighted by atomic mass is 32.2. The van der Waals surface area contributed by atoms with E-state index < -0.39 is 15.5 Å². The number of hydrogen-bond acceptors (Lipinski definition) is 2. The molecule has 1 atom stereocenters. The average molecular weight is 181 g/mol. The summed E-state index contributed by atoms with van der Waals surface area (Å²) in [5.41, 5.74) is -5.21. The third-order valence-corrected chi connectivity index (χ3v) is 2.31. The molecule has 56 valence electrons. The van der Waals surface area contributed by atoms with Crippen LogP contribution in [0.5, 0.6) is 0 Å². The van der Waals surface area contributed by atoms with Crippen LogP contribution in [0, 0.1) is 0 Å². The normalized spacial score (nSPS) is 13.8. The van der Waals surface area contributed by atoms with Crippen LogP contribution in [-0.4, -0.2) is 13.9 Å². The van der Waals surface area contributed by atoms with Crippen molar-refractivity contribution in [1.82, 2.24) is 4.49 Å². The van der Waals surface area contributed by atoms with E-state index in [1.54, 1.807) is 0 Å². The molecule has 0 aliphatic heterocycles. The first-order chi connectivity index (χ1) is 3.81. The summed E-state index contributed by atoms with van der Waals surface area (Å²) in [4.78, 5) is 0. The van der Waals surface area contributed by atoms with E-state index in [4.69, 9.17) is 0 Å². The van der Waals surface area contributed by atoms with Gasteiger partial charge in [0.15, 0.2) is 0 Å². The third kappa shape index (κ3) is 2.08. The quantitative estimate of drug-likeness (QED) is 0.588. The van der Waals surface area contributed by atoms with E-state index >= 15 is 0 Å². The van der Waals surface area contributed by atoms with E-state index in [0.29, 0.717) is 0 Å². The predicted molar refractivity (Wildman–Crippen MR) is 27.8 cm³/mol. The maximum absolute atomic E-state index is 11.2. The minimum atomic E-state index is -5.21. The summed E-state index contributed by atoms with van der Waals surface area (Å²) in [7, 11) is -3.87.